The Morgan fingerprint density at radius 2 is 1.74 bits per heavy atom. The van der Waals surface area contributed by atoms with Crippen LogP contribution in [0.2, 0.25) is 0 Å². The number of ether oxygens (including phenoxy) is 1. The molecule has 0 saturated heterocycles. The van der Waals surface area contributed by atoms with E-state index >= 15 is 0 Å². The van der Waals surface area contributed by atoms with Crippen LogP contribution >= 0.6 is 0 Å². The summed E-state index contributed by atoms with van der Waals surface area (Å²) in [6.45, 7) is 1.03. The summed E-state index contributed by atoms with van der Waals surface area (Å²) in [5.41, 5.74) is 5.23. The lowest BCUT2D eigenvalue weighted by Crippen LogP contribution is -2.28. The number of rotatable bonds is 3. The normalized spacial score (nSPS) is 35.7. The first-order chi connectivity index (χ1) is 16.5. The molecule has 2 nitrogen and oxygen atoms in total. The Labute approximate surface area is 200 Å². The average Bonchev–Trinajstić information content (AvgIpc) is 3.51. The van der Waals surface area contributed by atoms with Gasteiger partial charge in [0.1, 0.15) is 11.9 Å². The highest BCUT2D eigenvalue weighted by atomic mass is 19.4. The first-order valence-corrected chi connectivity index (χ1v) is 13.2. The zero-order chi connectivity index (χ0) is 23.3. The third-order valence-corrected chi connectivity index (χ3v) is 9.07. The highest BCUT2D eigenvalue weighted by Gasteiger charge is 2.43. The SMILES string of the molecule is FC(F)(F)C1=CCC(C2=CC=CC3C4=C(CCC(C5CCC(C6=NCCC6)CC5)=C4)OC23)CC1. The second kappa shape index (κ2) is 8.87. The van der Waals surface area contributed by atoms with E-state index in [0.717, 1.165) is 25.1 Å². The molecule has 0 aromatic heterocycles. The molecule has 1 fully saturated rings. The number of alkyl halides is 3. The van der Waals surface area contributed by atoms with Crippen molar-refractivity contribution in [3.8, 4) is 0 Å². The molecule has 6 rings (SSSR count). The van der Waals surface area contributed by atoms with Crippen LogP contribution in [0.3, 0.4) is 0 Å². The van der Waals surface area contributed by atoms with Gasteiger partial charge in [0.2, 0.25) is 0 Å². The third kappa shape index (κ3) is 4.13. The van der Waals surface area contributed by atoms with Gasteiger partial charge in [-0.15, -0.1) is 0 Å². The quantitative estimate of drug-likeness (QED) is 0.386. The summed E-state index contributed by atoms with van der Waals surface area (Å²) in [7, 11) is 0. The molecule has 0 bridgehead atoms. The van der Waals surface area contributed by atoms with Crippen LogP contribution in [0.15, 0.2) is 63.4 Å². The fraction of sp³-hybridized carbons (Fsp3) is 0.621. The largest absolute Gasteiger partial charge is 0.489 e. The summed E-state index contributed by atoms with van der Waals surface area (Å²) in [4.78, 5) is 4.75. The van der Waals surface area contributed by atoms with E-state index in [9.17, 15) is 13.2 Å². The van der Waals surface area contributed by atoms with E-state index in [-0.39, 0.29) is 29.9 Å². The van der Waals surface area contributed by atoms with Gasteiger partial charge in [0.25, 0.3) is 0 Å². The van der Waals surface area contributed by atoms with Gasteiger partial charge in [0.15, 0.2) is 0 Å². The Morgan fingerprint density at radius 3 is 2.44 bits per heavy atom. The molecule has 1 saturated carbocycles. The monoisotopic (exact) mass is 469 g/mol. The van der Waals surface area contributed by atoms with E-state index in [4.69, 9.17) is 9.73 Å². The summed E-state index contributed by atoms with van der Waals surface area (Å²) >= 11 is 0. The third-order valence-electron chi connectivity index (χ3n) is 9.07. The average molecular weight is 470 g/mol. The van der Waals surface area contributed by atoms with Crippen molar-refractivity contribution in [1.29, 1.82) is 0 Å². The predicted octanol–water partition coefficient (Wildman–Crippen LogP) is 7.80. The zero-order valence-corrected chi connectivity index (χ0v) is 19.7. The van der Waals surface area contributed by atoms with E-state index in [1.54, 1.807) is 5.57 Å². The molecule has 2 heterocycles. The van der Waals surface area contributed by atoms with Crippen molar-refractivity contribution < 1.29 is 17.9 Å². The first-order valence-electron chi connectivity index (χ1n) is 13.2. The van der Waals surface area contributed by atoms with E-state index in [1.807, 2.05) is 0 Å². The molecule has 4 aliphatic carbocycles. The van der Waals surface area contributed by atoms with E-state index < -0.39 is 6.18 Å². The lowest BCUT2D eigenvalue weighted by molar-refractivity contribution is -0.0955. The summed E-state index contributed by atoms with van der Waals surface area (Å²) in [6.07, 6.45) is 16.8. The molecule has 0 aromatic rings. The molecule has 2 aliphatic heterocycles. The Morgan fingerprint density at radius 1 is 0.912 bits per heavy atom. The number of hydrogen-bond donors (Lipinski definition) is 0. The van der Waals surface area contributed by atoms with Gasteiger partial charge in [-0.25, -0.2) is 0 Å². The molecular formula is C29H34F3NO. The molecule has 0 aromatic carbocycles. The topological polar surface area (TPSA) is 21.6 Å². The Kier molecular flexibility index (Phi) is 5.85. The maximum atomic E-state index is 13.1. The maximum Gasteiger partial charge on any atom is 0.412 e. The van der Waals surface area contributed by atoms with Crippen LogP contribution in [0, 0.1) is 23.7 Å². The minimum atomic E-state index is -4.19. The number of hydrogen-bond acceptors (Lipinski definition) is 2. The van der Waals surface area contributed by atoms with Gasteiger partial charge in [0, 0.05) is 35.7 Å². The fourth-order valence-corrected chi connectivity index (χ4v) is 7.19. The van der Waals surface area contributed by atoms with Gasteiger partial charge in [-0.05, 0) is 87.5 Å². The van der Waals surface area contributed by atoms with Crippen LogP contribution in [0.1, 0.15) is 70.6 Å². The van der Waals surface area contributed by atoms with E-state index in [2.05, 4.69) is 24.3 Å². The lowest BCUT2D eigenvalue weighted by atomic mass is 9.72. The van der Waals surface area contributed by atoms with Crippen LogP contribution in [0.4, 0.5) is 13.2 Å². The van der Waals surface area contributed by atoms with Gasteiger partial charge in [-0.3, -0.25) is 4.99 Å². The van der Waals surface area contributed by atoms with Crippen molar-refractivity contribution >= 4 is 5.71 Å². The van der Waals surface area contributed by atoms with Crippen LogP contribution in [-0.4, -0.2) is 24.5 Å². The van der Waals surface area contributed by atoms with Crippen molar-refractivity contribution in [1.82, 2.24) is 0 Å². The lowest BCUT2D eigenvalue weighted by Gasteiger charge is -2.32. The highest BCUT2D eigenvalue weighted by Crippen LogP contribution is 2.49. The van der Waals surface area contributed by atoms with E-state index in [0.29, 0.717) is 24.7 Å². The minimum absolute atomic E-state index is 0.0347. The molecular weight excluding hydrogens is 435 g/mol. The van der Waals surface area contributed by atoms with Gasteiger partial charge < -0.3 is 4.74 Å². The van der Waals surface area contributed by atoms with Gasteiger partial charge in [0.05, 0.1) is 0 Å². The first kappa shape index (κ1) is 22.4. The summed E-state index contributed by atoms with van der Waals surface area (Å²) in [6, 6.07) is 0. The van der Waals surface area contributed by atoms with Crippen LogP contribution in [0.25, 0.3) is 0 Å². The fourth-order valence-electron chi connectivity index (χ4n) is 7.19. The second-order valence-corrected chi connectivity index (χ2v) is 10.9. The van der Waals surface area contributed by atoms with Gasteiger partial charge >= 0.3 is 6.18 Å². The summed E-state index contributed by atoms with van der Waals surface area (Å²) in [5.74, 6) is 2.86. The molecule has 0 spiro atoms. The predicted molar refractivity (Wildman–Crippen MR) is 128 cm³/mol. The van der Waals surface area contributed by atoms with Crippen molar-refractivity contribution in [2.45, 2.75) is 82.9 Å². The van der Waals surface area contributed by atoms with Crippen molar-refractivity contribution in [3.05, 3.63) is 58.4 Å². The molecule has 34 heavy (non-hydrogen) atoms. The van der Waals surface area contributed by atoms with Crippen molar-refractivity contribution in [2.75, 3.05) is 6.54 Å². The molecule has 5 heteroatoms. The van der Waals surface area contributed by atoms with Crippen molar-refractivity contribution in [2.24, 2.45) is 28.7 Å². The highest BCUT2D eigenvalue weighted by molar-refractivity contribution is 5.88. The Bertz CT molecular complexity index is 1020. The molecule has 3 atom stereocenters. The summed E-state index contributed by atoms with van der Waals surface area (Å²) < 4.78 is 45.7. The molecule has 3 unspecified atom stereocenters. The molecule has 0 radical (unpaired) electrons. The maximum absolute atomic E-state index is 13.1. The standard InChI is InChI=1S/C29H34F3NO/c30-29(31,32)22-13-10-19(11-14-22)23-3-1-4-24-25-17-21(12-15-27(25)34-28(23)24)18-6-8-20(9-7-18)26-5-2-16-33-26/h1,3-4,13,17-20,24,28H,2,5-12,14-16H2. The number of fused-ring (bicyclic) bond motifs is 2. The number of halogens is 3. The zero-order valence-electron chi connectivity index (χ0n) is 19.7. The number of nitrogens with zero attached hydrogens (tertiary/aromatic N) is 1. The smallest absolute Gasteiger partial charge is 0.412 e. The van der Waals surface area contributed by atoms with Gasteiger partial charge in [-0.2, -0.15) is 13.2 Å². The van der Waals surface area contributed by atoms with Crippen LogP contribution < -0.4 is 0 Å². The number of allylic oxidation sites excluding steroid dienone is 7. The number of aliphatic imine (C=N–C) groups is 1. The van der Waals surface area contributed by atoms with E-state index in [1.165, 1.54) is 61.5 Å². The van der Waals surface area contributed by atoms with Gasteiger partial charge in [-0.1, -0.05) is 36.0 Å². The summed E-state index contributed by atoms with van der Waals surface area (Å²) in [5, 5.41) is 0. The second-order valence-electron chi connectivity index (χ2n) is 10.9. The Balaban J connectivity index is 1.13. The molecule has 0 N–H and O–H groups in total. The minimum Gasteiger partial charge on any atom is -0.489 e. The Hall–Kier alpha value is -2.04. The van der Waals surface area contributed by atoms with Crippen molar-refractivity contribution in [3.63, 3.8) is 0 Å². The van der Waals surface area contributed by atoms with Crippen LogP contribution in [-0.2, 0) is 4.74 Å². The van der Waals surface area contributed by atoms with Crippen LogP contribution in [0.5, 0.6) is 0 Å². The molecule has 182 valence electrons. The molecule has 6 aliphatic rings. The molecule has 0 amide bonds.